The van der Waals surface area contributed by atoms with Crippen molar-refractivity contribution in [3.63, 3.8) is 0 Å². The first kappa shape index (κ1) is 18.1. The maximum absolute atomic E-state index is 12.5. The summed E-state index contributed by atoms with van der Waals surface area (Å²) in [6.07, 6.45) is 0.504. The van der Waals surface area contributed by atoms with E-state index in [2.05, 4.69) is 20.7 Å². The Bertz CT molecular complexity index is 639. The highest BCUT2D eigenvalue weighted by Crippen LogP contribution is 2.33. The smallest absolute Gasteiger partial charge is 0.345 e. The van der Waals surface area contributed by atoms with Gasteiger partial charge in [0.05, 0.1) is 10.9 Å². The third kappa shape index (κ3) is 4.25. The van der Waals surface area contributed by atoms with Gasteiger partial charge in [0.15, 0.2) is 0 Å². The molecule has 0 aliphatic heterocycles. The summed E-state index contributed by atoms with van der Waals surface area (Å²) in [5.74, 6) is -1.89. The van der Waals surface area contributed by atoms with Gasteiger partial charge in [-0.2, -0.15) is 4.31 Å². The molecule has 118 valence electrons. The molecule has 0 amide bonds. The number of thiophene rings is 1. The Labute approximate surface area is 134 Å². The molecule has 10 heteroatoms. The molecular weight excluding hydrogens is 386 g/mol. The largest absolute Gasteiger partial charge is 0.477 e. The van der Waals surface area contributed by atoms with E-state index in [-0.39, 0.29) is 20.1 Å². The Balaban J connectivity index is 3.22. The molecule has 1 aromatic rings. The SMILES string of the molecule is CCCN(CC(=O)OC)S(=O)(=O)c1cc(C(=O)O)sc1Br. The quantitative estimate of drug-likeness (QED) is 0.701. The van der Waals surface area contributed by atoms with Crippen LogP contribution in [0.3, 0.4) is 0 Å². The lowest BCUT2D eigenvalue weighted by Crippen LogP contribution is -2.36. The summed E-state index contributed by atoms with van der Waals surface area (Å²) < 4.78 is 30.7. The number of carboxylic acid groups (broad SMARTS) is 1. The van der Waals surface area contributed by atoms with Crippen molar-refractivity contribution >= 4 is 49.2 Å². The molecule has 0 aliphatic rings. The first-order chi connectivity index (χ1) is 9.73. The molecule has 1 rings (SSSR count). The Morgan fingerprint density at radius 1 is 1.48 bits per heavy atom. The van der Waals surface area contributed by atoms with E-state index in [0.717, 1.165) is 21.7 Å². The van der Waals surface area contributed by atoms with Crippen LogP contribution < -0.4 is 0 Å². The summed E-state index contributed by atoms with van der Waals surface area (Å²) in [4.78, 5) is 22.0. The molecule has 0 fully saturated rings. The minimum Gasteiger partial charge on any atom is -0.477 e. The zero-order valence-electron chi connectivity index (χ0n) is 11.3. The van der Waals surface area contributed by atoms with Crippen LogP contribution in [-0.4, -0.2) is 50.0 Å². The molecule has 0 saturated carbocycles. The van der Waals surface area contributed by atoms with Crippen molar-refractivity contribution in [2.24, 2.45) is 0 Å². The monoisotopic (exact) mass is 399 g/mol. The van der Waals surface area contributed by atoms with Gasteiger partial charge < -0.3 is 9.84 Å². The number of sulfonamides is 1. The number of hydrogen-bond donors (Lipinski definition) is 1. The third-order valence-corrected chi connectivity index (χ3v) is 6.58. The third-order valence-electron chi connectivity index (χ3n) is 2.49. The second kappa shape index (κ2) is 7.34. The van der Waals surface area contributed by atoms with E-state index in [1.54, 1.807) is 6.92 Å². The molecule has 0 spiro atoms. The molecule has 7 nitrogen and oxygen atoms in total. The van der Waals surface area contributed by atoms with Gasteiger partial charge in [-0.1, -0.05) is 6.92 Å². The molecule has 1 heterocycles. The highest BCUT2D eigenvalue weighted by molar-refractivity contribution is 9.11. The van der Waals surface area contributed by atoms with Gasteiger partial charge in [0.25, 0.3) is 0 Å². The van der Waals surface area contributed by atoms with Crippen LogP contribution in [0.4, 0.5) is 0 Å². The van der Waals surface area contributed by atoms with Crippen molar-refractivity contribution in [2.75, 3.05) is 20.2 Å². The van der Waals surface area contributed by atoms with Gasteiger partial charge in [-0.3, -0.25) is 4.79 Å². The maximum Gasteiger partial charge on any atom is 0.345 e. The number of halogens is 1. The second-order valence-electron chi connectivity index (χ2n) is 3.97. The highest BCUT2D eigenvalue weighted by atomic mass is 79.9. The zero-order valence-corrected chi connectivity index (χ0v) is 14.5. The van der Waals surface area contributed by atoms with E-state index in [9.17, 15) is 18.0 Å². The fraction of sp³-hybridized carbons (Fsp3) is 0.455. The fourth-order valence-corrected chi connectivity index (χ4v) is 5.34. The normalized spacial score (nSPS) is 11.6. The summed E-state index contributed by atoms with van der Waals surface area (Å²) in [5.41, 5.74) is 0. The number of carbonyl (C=O) groups is 2. The Kier molecular flexibility index (Phi) is 6.32. The van der Waals surface area contributed by atoms with E-state index in [0.29, 0.717) is 6.42 Å². The van der Waals surface area contributed by atoms with Crippen molar-refractivity contribution in [3.8, 4) is 0 Å². The van der Waals surface area contributed by atoms with E-state index in [1.165, 1.54) is 7.11 Å². The van der Waals surface area contributed by atoms with E-state index < -0.39 is 28.5 Å². The number of ether oxygens (including phenoxy) is 1. The summed E-state index contributed by atoms with van der Waals surface area (Å²) in [6, 6.07) is 1.08. The van der Waals surface area contributed by atoms with Crippen molar-refractivity contribution < 1.29 is 27.9 Å². The van der Waals surface area contributed by atoms with Gasteiger partial charge in [0.2, 0.25) is 10.0 Å². The number of hydrogen-bond acceptors (Lipinski definition) is 6. The summed E-state index contributed by atoms with van der Waals surface area (Å²) in [7, 11) is -2.81. The van der Waals surface area contributed by atoms with Crippen molar-refractivity contribution in [1.82, 2.24) is 4.31 Å². The topological polar surface area (TPSA) is 101 Å². The van der Waals surface area contributed by atoms with Crippen LogP contribution in [0.15, 0.2) is 14.7 Å². The molecule has 0 atom stereocenters. The van der Waals surface area contributed by atoms with Crippen LogP contribution in [0.5, 0.6) is 0 Å². The van der Waals surface area contributed by atoms with Gasteiger partial charge >= 0.3 is 11.9 Å². The van der Waals surface area contributed by atoms with Crippen LogP contribution in [0.2, 0.25) is 0 Å². The second-order valence-corrected chi connectivity index (χ2v) is 8.24. The predicted molar refractivity (Wildman–Crippen MR) is 80.0 cm³/mol. The Morgan fingerprint density at radius 3 is 2.52 bits per heavy atom. The van der Waals surface area contributed by atoms with Crippen LogP contribution in [0, 0.1) is 0 Å². The maximum atomic E-state index is 12.5. The lowest BCUT2D eigenvalue weighted by atomic mass is 10.5. The Morgan fingerprint density at radius 2 is 2.10 bits per heavy atom. The first-order valence-corrected chi connectivity index (χ1v) is 8.88. The standard InChI is InChI=1S/C11H14BrNO6S2/c1-3-4-13(6-9(14)19-2)21(17,18)8-5-7(11(15)16)20-10(8)12/h5H,3-4,6H2,1-2H3,(H,15,16). The van der Waals surface area contributed by atoms with Gasteiger partial charge in [-0.25, -0.2) is 13.2 Å². The Hall–Kier alpha value is -0.970. The van der Waals surface area contributed by atoms with E-state index in [1.807, 2.05) is 0 Å². The molecule has 0 aromatic carbocycles. The number of carbonyl (C=O) groups excluding carboxylic acids is 1. The van der Waals surface area contributed by atoms with Crippen LogP contribution >= 0.6 is 27.3 Å². The van der Waals surface area contributed by atoms with Gasteiger partial charge in [0, 0.05) is 6.54 Å². The van der Waals surface area contributed by atoms with E-state index in [4.69, 9.17) is 5.11 Å². The summed E-state index contributed by atoms with van der Waals surface area (Å²) in [5, 5.41) is 8.92. The first-order valence-electron chi connectivity index (χ1n) is 5.83. The minimum atomic E-state index is -3.98. The van der Waals surface area contributed by atoms with Crippen LogP contribution in [-0.2, 0) is 19.6 Å². The van der Waals surface area contributed by atoms with Gasteiger partial charge in [-0.05, 0) is 28.4 Å². The lowest BCUT2D eigenvalue weighted by Gasteiger charge is -2.19. The summed E-state index contributed by atoms with van der Waals surface area (Å²) in [6.45, 7) is 1.48. The number of methoxy groups -OCH3 is 1. The molecule has 21 heavy (non-hydrogen) atoms. The number of aromatic carboxylic acids is 1. The average molecular weight is 400 g/mol. The number of nitrogens with zero attached hydrogens (tertiary/aromatic N) is 1. The van der Waals surface area contributed by atoms with Crippen LogP contribution in [0.25, 0.3) is 0 Å². The number of rotatable bonds is 7. The molecule has 0 radical (unpaired) electrons. The van der Waals surface area contributed by atoms with Gasteiger partial charge in [-0.15, -0.1) is 11.3 Å². The van der Waals surface area contributed by atoms with Crippen molar-refractivity contribution in [3.05, 3.63) is 14.7 Å². The minimum absolute atomic E-state index is 0.102. The van der Waals surface area contributed by atoms with Gasteiger partial charge in [0.1, 0.15) is 16.3 Å². The predicted octanol–water partition coefficient (Wildman–Crippen LogP) is 1.78. The average Bonchev–Trinajstić information content (AvgIpc) is 2.81. The molecule has 0 unspecified atom stereocenters. The number of carboxylic acids is 1. The van der Waals surface area contributed by atoms with Crippen molar-refractivity contribution in [1.29, 1.82) is 0 Å². The van der Waals surface area contributed by atoms with E-state index >= 15 is 0 Å². The number of esters is 1. The fourth-order valence-electron chi connectivity index (χ4n) is 1.51. The molecule has 0 aliphatic carbocycles. The molecule has 1 N–H and O–H groups in total. The summed E-state index contributed by atoms with van der Waals surface area (Å²) >= 11 is 3.86. The lowest BCUT2D eigenvalue weighted by molar-refractivity contribution is -0.140. The van der Waals surface area contributed by atoms with Crippen molar-refractivity contribution in [2.45, 2.75) is 18.2 Å². The molecule has 0 saturated heterocycles. The van der Waals surface area contributed by atoms with Crippen LogP contribution in [0.1, 0.15) is 23.0 Å². The zero-order chi connectivity index (χ0) is 16.2. The molecular formula is C11H14BrNO6S2. The molecule has 0 bridgehead atoms. The molecule has 1 aromatic heterocycles. The highest BCUT2D eigenvalue weighted by Gasteiger charge is 2.30.